The minimum atomic E-state index is -0.897. The highest BCUT2D eigenvalue weighted by Crippen LogP contribution is 2.26. The zero-order chi connectivity index (χ0) is 20.8. The fraction of sp³-hybridized carbons (Fsp3) is 0.0500. The summed E-state index contributed by atoms with van der Waals surface area (Å²) in [5.74, 6) is -0.992. The van der Waals surface area contributed by atoms with Crippen molar-refractivity contribution in [2.45, 2.75) is 6.42 Å². The third kappa shape index (κ3) is 5.73. The molecule has 0 radical (unpaired) electrons. The average Bonchev–Trinajstić information content (AvgIpc) is 2.66. The largest absolute Gasteiger partial charge is 0.457 e. The zero-order valence-electron chi connectivity index (χ0n) is 15.0. The summed E-state index contributed by atoms with van der Waals surface area (Å²) in [6.45, 7) is 0. The van der Waals surface area contributed by atoms with Gasteiger partial charge in [-0.15, -0.1) is 0 Å². The molecule has 148 valence electrons. The summed E-state index contributed by atoms with van der Waals surface area (Å²) in [6.07, 6.45) is 1.32. The van der Waals surface area contributed by atoms with Crippen molar-refractivity contribution in [3.8, 4) is 11.5 Å². The number of aromatic nitrogens is 1. The van der Waals surface area contributed by atoms with Gasteiger partial charge in [0.05, 0.1) is 12.1 Å². The molecule has 29 heavy (non-hydrogen) atoms. The van der Waals surface area contributed by atoms with E-state index in [2.05, 4.69) is 15.6 Å². The van der Waals surface area contributed by atoms with Gasteiger partial charge in [0.2, 0.25) is 5.91 Å². The van der Waals surface area contributed by atoms with Crippen molar-refractivity contribution < 1.29 is 23.1 Å². The highest BCUT2D eigenvalue weighted by Gasteiger charge is 2.12. The standard InChI is InChI=1S/C20H16F2N4O3/c21-13-3-1-12(2-4-13)9-19(27)26-20(28)25-17-6-5-14(10-16(17)22)29-15-7-8-24-18(23)11-15/h1-8,10-11H,9H2,(H2,23,24)(H2,25,26,27,28). The number of rotatable bonds is 5. The average molecular weight is 398 g/mol. The minimum Gasteiger partial charge on any atom is -0.457 e. The normalized spacial score (nSPS) is 10.3. The van der Waals surface area contributed by atoms with E-state index in [-0.39, 0.29) is 23.7 Å². The lowest BCUT2D eigenvalue weighted by molar-refractivity contribution is -0.119. The maximum atomic E-state index is 14.2. The molecule has 0 fully saturated rings. The van der Waals surface area contributed by atoms with Crippen LogP contribution in [0.5, 0.6) is 11.5 Å². The predicted octanol–water partition coefficient (Wildman–Crippen LogP) is 3.63. The molecule has 9 heteroatoms. The summed E-state index contributed by atoms with van der Waals surface area (Å²) in [7, 11) is 0. The van der Waals surface area contributed by atoms with Crippen LogP contribution in [0.4, 0.5) is 25.1 Å². The van der Waals surface area contributed by atoms with E-state index in [0.29, 0.717) is 11.3 Å². The third-order valence-electron chi connectivity index (χ3n) is 3.71. The van der Waals surface area contributed by atoms with Crippen molar-refractivity contribution in [2.75, 3.05) is 11.1 Å². The van der Waals surface area contributed by atoms with E-state index in [1.54, 1.807) is 6.07 Å². The predicted molar refractivity (Wildman–Crippen MR) is 102 cm³/mol. The number of hydrogen-bond acceptors (Lipinski definition) is 5. The lowest BCUT2D eigenvalue weighted by Crippen LogP contribution is -2.35. The molecule has 2 aromatic carbocycles. The number of carbonyl (C=O) groups excluding carboxylic acids is 2. The monoisotopic (exact) mass is 398 g/mol. The molecular formula is C20H16F2N4O3. The van der Waals surface area contributed by atoms with Crippen molar-refractivity contribution in [1.29, 1.82) is 0 Å². The van der Waals surface area contributed by atoms with Gasteiger partial charge < -0.3 is 15.8 Å². The fourth-order valence-corrected chi connectivity index (χ4v) is 2.40. The van der Waals surface area contributed by atoms with E-state index >= 15 is 0 Å². The molecule has 0 spiro atoms. The summed E-state index contributed by atoms with van der Waals surface area (Å²) < 4.78 is 32.6. The maximum Gasteiger partial charge on any atom is 0.325 e. The number of hydrogen-bond donors (Lipinski definition) is 3. The number of pyridine rings is 1. The molecule has 4 N–H and O–H groups in total. The third-order valence-corrected chi connectivity index (χ3v) is 3.71. The van der Waals surface area contributed by atoms with Crippen molar-refractivity contribution in [2.24, 2.45) is 0 Å². The van der Waals surface area contributed by atoms with Crippen LogP contribution in [0.15, 0.2) is 60.8 Å². The van der Waals surface area contributed by atoms with Crippen molar-refractivity contribution >= 4 is 23.4 Å². The molecule has 0 aliphatic rings. The topological polar surface area (TPSA) is 106 Å². The van der Waals surface area contributed by atoms with Gasteiger partial charge in [0, 0.05) is 18.3 Å². The Labute approximate surface area is 164 Å². The number of nitrogens with two attached hydrogens (primary N) is 1. The smallest absolute Gasteiger partial charge is 0.325 e. The first-order chi connectivity index (χ1) is 13.9. The molecule has 0 unspecified atom stereocenters. The molecule has 0 bridgehead atoms. The quantitative estimate of drug-likeness (QED) is 0.609. The van der Waals surface area contributed by atoms with Crippen LogP contribution in [0, 0.1) is 11.6 Å². The van der Waals surface area contributed by atoms with Gasteiger partial charge in [-0.3, -0.25) is 10.1 Å². The molecule has 3 rings (SSSR count). The lowest BCUT2D eigenvalue weighted by atomic mass is 10.1. The summed E-state index contributed by atoms with van der Waals surface area (Å²) in [5, 5.41) is 4.32. The number of imide groups is 1. The number of nitrogen functional groups attached to an aromatic ring is 1. The van der Waals surface area contributed by atoms with Crippen LogP contribution in [0.25, 0.3) is 0 Å². The fourth-order valence-electron chi connectivity index (χ4n) is 2.40. The first-order valence-electron chi connectivity index (χ1n) is 8.43. The highest BCUT2D eigenvalue weighted by atomic mass is 19.1. The van der Waals surface area contributed by atoms with Crippen LogP contribution in [0.1, 0.15) is 5.56 Å². The molecule has 0 atom stereocenters. The minimum absolute atomic E-state index is 0.127. The number of halogens is 2. The molecule has 7 nitrogen and oxygen atoms in total. The van der Waals surface area contributed by atoms with E-state index in [9.17, 15) is 18.4 Å². The molecule has 0 saturated heterocycles. The second-order valence-corrected chi connectivity index (χ2v) is 5.97. The van der Waals surface area contributed by atoms with E-state index in [0.717, 1.165) is 6.07 Å². The molecule has 3 aromatic rings. The Morgan fingerprint density at radius 1 is 1.00 bits per heavy atom. The van der Waals surface area contributed by atoms with Crippen LogP contribution in [0.3, 0.4) is 0 Å². The highest BCUT2D eigenvalue weighted by molar-refractivity contribution is 6.01. The summed E-state index contributed by atoms with van der Waals surface area (Å²) in [4.78, 5) is 27.6. The Morgan fingerprint density at radius 3 is 2.41 bits per heavy atom. The van der Waals surface area contributed by atoms with Crippen molar-refractivity contribution in [1.82, 2.24) is 10.3 Å². The van der Waals surface area contributed by atoms with Gasteiger partial charge in [-0.05, 0) is 35.9 Å². The Balaban J connectivity index is 1.57. The number of anilines is 2. The Hall–Kier alpha value is -4.01. The van der Waals surface area contributed by atoms with Gasteiger partial charge in [0.25, 0.3) is 0 Å². The second-order valence-electron chi connectivity index (χ2n) is 5.97. The van der Waals surface area contributed by atoms with E-state index in [4.69, 9.17) is 10.5 Å². The Kier molecular flexibility index (Phi) is 5.98. The van der Waals surface area contributed by atoms with Crippen LogP contribution in [0.2, 0.25) is 0 Å². The lowest BCUT2D eigenvalue weighted by Gasteiger charge is -2.10. The number of urea groups is 1. The molecule has 0 saturated carbocycles. The van der Waals surface area contributed by atoms with Gasteiger partial charge >= 0.3 is 6.03 Å². The first kappa shape index (κ1) is 19.7. The summed E-state index contributed by atoms with van der Waals surface area (Å²) in [5.41, 5.74) is 5.94. The van der Waals surface area contributed by atoms with Crippen molar-refractivity contribution in [3.05, 3.63) is 78.0 Å². The Bertz CT molecular complexity index is 1040. The SMILES string of the molecule is Nc1cc(Oc2ccc(NC(=O)NC(=O)Cc3ccc(F)cc3)c(F)c2)ccn1. The zero-order valence-corrected chi connectivity index (χ0v) is 15.0. The number of nitrogens with zero attached hydrogens (tertiary/aromatic N) is 1. The van der Waals surface area contributed by atoms with Gasteiger partial charge in [0.1, 0.15) is 29.0 Å². The maximum absolute atomic E-state index is 14.2. The number of benzene rings is 2. The number of amides is 3. The molecule has 0 aliphatic carbocycles. The molecular weight excluding hydrogens is 382 g/mol. The summed E-state index contributed by atoms with van der Waals surface area (Å²) in [6, 6.07) is 11.2. The van der Waals surface area contributed by atoms with Gasteiger partial charge in [-0.1, -0.05) is 12.1 Å². The van der Waals surface area contributed by atoms with E-state index in [1.807, 2.05) is 0 Å². The van der Waals surface area contributed by atoms with Crippen LogP contribution < -0.4 is 21.1 Å². The number of ether oxygens (including phenoxy) is 1. The molecule has 3 amide bonds. The van der Waals surface area contributed by atoms with Gasteiger partial charge in [-0.2, -0.15) is 0 Å². The first-order valence-corrected chi connectivity index (χ1v) is 8.43. The van der Waals surface area contributed by atoms with Crippen LogP contribution in [-0.2, 0) is 11.2 Å². The van der Waals surface area contributed by atoms with Gasteiger partial charge in [0.15, 0.2) is 0 Å². The van der Waals surface area contributed by atoms with E-state index < -0.39 is 23.6 Å². The van der Waals surface area contributed by atoms with Crippen molar-refractivity contribution in [3.63, 3.8) is 0 Å². The number of carbonyl (C=O) groups is 2. The molecule has 1 heterocycles. The van der Waals surface area contributed by atoms with E-state index in [1.165, 1.54) is 48.7 Å². The van der Waals surface area contributed by atoms with Crippen LogP contribution >= 0.6 is 0 Å². The van der Waals surface area contributed by atoms with Crippen LogP contribution in [-0.4, -0.2) is 16.9 Å². The molecule has 1 aromatic heterocycles. The summed E-state index contributed by atoms with van der Waals surface area (Å²) >= 11 is 0. The van der Waals surface area contributed by atoms with Gasteiger partial charge in [-0.25, -0.2) is 18.6 Å². The number of nitrogens with one attached hydrogen (secondary N) is 2. The molecule has 0 aliphatic heterocycles. The second kappa shape index (κ2) is 8.79. The Morgan fingerprint density at radius 2 is 1.72 bits per heavy atom.